The monoisotopic (exact) mass is 309 g/mol. The minimum absolute atomic E-state index is 0.216. The lowest BCUT2D eigenvalue weighted by Crippen LogP contribution is -2.32. The maximum Gasteiger partial charge on any atom is 0.320 e. The summed E-state index contributed by atoms with van der Waals surface area (Å²) >= 11 is 1.95. The van der Waals surface area contributed by atoms with Gasteiger partial charge in [-0.2, -0.15) is 0 Å². The van der Waals surface area contributed by atoms with E-state index in [2.05, 4.69) is 0 Å². The fraction of sp³-hybridized carbons (Fsp3) is 0.222. The van der Waals surface area contributed by atoms with Gasteiger partial charge in [0.2, 0.25) is 0 Å². The number of benzene rings is 1. The maximum atomic E-state index is 12.7. The van der Waals surface area contributed by atoms with E-state index in [1.54, 1.807) is 6.07 Å². The van der Waals surface area contributed by atoms with Crippen LogP contribution < -0.4 is 5.73 Å². The smallest absolute Gasteiger partial charge is 0.320 e. The number of carbonyl (C=O) groups is 1. The second kappa shape index (κ2) is 4.70. The molecule has 0 aliphatic heterocycles. The molecule has 0 aliphatic carbocycles. The van der Waals surface area contributed by atoms with Crippen LogP contribution in [0.5, 0.6) is 0 Å². The number of nitrogens with two attached hydrogens (primary N) is 1. The van der Waals surface area contributed by atoms with Gasteiger partial charge < -0.3 is 10.8 Å². The van der Waals surface area contributed by atoms with E-state index < -0.39 is 12.0 Å². The van der Waals surface area contributed by atoms with Crippen molar-refractivity contribution in [1.29, 1.82) is 0 Å². The first-order valence-corrected chi connectivity index (χ1v) is 5.01. The summed E-state index contributed by atoms with van der Waals surface area (Å²) < 4.78 is 13.4. The molecule has 1 aromatic carbocycles. The van der Waals surface area contributed by atoms with Crippen LogP contribution >= 0.6 is 22.6 Å². The molecule has 0 bridgehead atoms. The van der Waals surface area contributed by atoms with Gasteiger partial charge in [0, 0.05) is 3.57 Å². The summed E-state index contributed by atoms with van der Waals surface area (Å²) in [6, 6.07) is 3.27. The van der Waals surface area contributed by atoms with Gasteiger partial charge >= 0.3 is 5.97 Å². The maximum absolute atomic E-state index is 12.7. The molecule has 76 valence electrons. The van der Waals surface area contributed by atoms with Gasteiger partial charge in [0.15, 0.2) is 0 Å². The van der Waals surface area contributed by atoms with Crippen LogP contribution in [0.3, 0.4) is 0 Å². The molecule has 0 amide bonds. The van der Waals surface area contributed by atoms with E-state index in [0.29, 0.717) is 3.57 Å². The van der Waals surface area contributed by atoms with Gasteiger partial charge in [0.25, 0.3) is 0 Å². The summed E-state index contributed by atoms with van der Waals surface area (Å²) in [5.74, 6) is -1.38. The predicted octanol–water partition coefficient (Wildman–Crippen LogP) is 1.38. The Hall–Kier alpha value is -0.690. The molecule has 0 saturated heterocycles. The third-order valence-electron chi connectivity index (χ3n) is 1.77. The Labute approximate surface area is 94.2 Å². The lowest BCUT2D eigenvalue weighted by atomic mass is 10.1. The Kier molecular flexibility index (Phi) is 3.82. The van der Waals surface area contributed by atoms with Crippen molar-refractivity contribution < 1.29 is 14.3 Å². The van der Waals surface area contributed by atoms with Crippen LogP contribution in [0.2, 0.25) is 0 Å². The van der Waals surface area contributed by atoms with E-state index in [0.717, 1.165) is 5.56 Å². The number of carboxylic acid groups (broad SMARTS) is 1. The van der Waals surface area contributed by atoms with Gasteiger partial charge in [-0.15, -0.1) is 0 Å². The van der Waals surface area contributed by atoms with E-state index in [9.17, 15) is 9.18 Å². The third-order valence-corrected chi connectivity index (χ3v) is 2.78. The number of rotatable bonds is 3. The molecule has 1 aromatic rings. The fourth-order valence-corrected chi connectivity index (χ4v) is 1.71. The van der Waals surface area contributed by atoms with Crippen LogP contribution in [0, 0.1) is 9.39 Å². The molecule has 0 radical (unpaired) electrons. The molecule has 0 fully saturated rings. The number of hydrogen-bond acceptors (Lipinski definition) is 2. The van der Waals surface area contributed by atoms with Gasteiger partial charge in [-0.3, -0.25) is 4.79 Å². The number of carboxylic acids is 1. The van der Waals surface area contributed by atoms with Gasteiger partial charge in [-0.25, -0.2) is 4.39 Å². The molecule has 1 rings (SSSR count). The minimum atomic E-state index is -1.05. The van der Waals surface area contributed by atoms with E-state index in [1.165, 1.54) is 12.1 Å². The summed E-state index contributed by atoms with van der Waals surface area (Å²) in [5.41, 5.74) is 6.11. The minimum Gasteiger partial charge on any atom is -0.480 e. The lowest BCUT2D eigenvalue weighted by Gasteiger charge is -2.08. The molecule has 0 saturated carbocycles. The summed E-state index contributed by atoms with van der Waals surface area (Å²) in [4.78, 5) is 10.5. The first kappa shape index (κ1) is 11.4. The normalized spacial score (nSPS) is 12.5. The Morgan fingerprint density at radius 1 is 1.64 bits per heavy atom. The quantitative estimate of drug-likeness (QED) is 0.829. The van der Waals surface area contributed by atoms with Crippen molar-refractivity contribution in [3.8, 4) is 0 Å². The number of halogens is 2. The standard InChI is InChI=1S/C9H9FINO2/c10-6-2-1-5(7(11)4-6)3-8(12)9(13)14/h1-2,4,8H,3,12H2,(H,13,14). The topological polar surface area (TPSA) is 63.3 Å². The van der Waals surface area contributed by atoms with E-state index >= 15 is 0 Å². The molecule has 1 atom stereocenters. The summed E-state index contributed by atoms with van der Waals surface area (Å²) in [6.45, 7) is 0. The second-order valence-corrected chi connectivity index (χ2v) is 4.05. The number of aliphatic carboxylic acids is 1. The first-order valence-electron chi connectivity index (χ1n) is 3.93. The van der Waals surface area contributed by atoms with Crippen molar-refractivity contribution in [2.75, 3.05) is 0 Å². The van der Waals surface area contributed by atoms with Crippen LogP contribution in [0.4, 0.5) is 4.39 Å². The fourth-order valence-electron chi connectivity index (χ4n) is 1.01. The second-order valence-electron chi connectivity index (χ2n) is 2.88. The molecule has 0 aromatic heterocycles. The zero-order chi connectivity index (χ0) is 10.7. The highest BCUT2D eigenvalue weighted by molar-refractivity contribution is 14.1. The van der Waals surface area contributed by atoms with Crippen LogP contribution in [-0.4, -0.2) is 17.1 Å². The van der Waals surface area contributed by atoms with E-state index in [1.807, 2.05) is 22.6 Å². The predicted molar refractivity (Wildman–Crippen MR) is 58.4 cm³/mol. The number of hydrogen-bond donors (Lipinski definition) is 2. The highest BCUT2D eigenvalue weighted by Crippen LogP contribution is 2.15. The molecule has 3 nitrogen and oxygen atoms in total. The lowest BCUT2D eigenvalue weighted by molar-refractivity contribution is -0.138. The Morgan fingerprint density at radius 3 is 2.79 bits per heavy atom. The first-order chi connectivity index (χ1) is 6.50. The van der Waals surface area contributed by atoms with Crippen LogP contribution in [0.25, 0.3) is 0 Å². The average Bonchev–Trinajstić information content (AvgIpc) is 2.09. The SMILES string of the molecule is NC(Cc1ccc(F)cc1I)C(=O)O. The van der Waals surface area contributed by atoms with E-state index in [4.69, 9.17) is 10.8 Å². The molecule has 5 heteroatoms. The van der Waals surface area contributed by atoms with Crippen LogP contribution in [0.15, 0.2) is 18.2 Å². The molecule has 1 unspecified atom stereocenters. The van der Waals surface area contributed by atoms with Gasteiger partial charge in [-0.05, 0) is 46.7 Å². The molecule has 0 heterocycles. The summed E-state index contributed by atoms with van der Waals surface area (Å²) in [6.07, 6.45) is 0.216. The zero-order valence-corrected chi connectivity index (χ0v) is 9.36. The molecule has 14 heavy (non-hydrogen) atoms. The molecule has 0 spiro atoms. The molecule has 0 aliphatic rings. The Morgan fingerprint density at radius 2 is 2.29 bits per heavy atom. The summed E-state index contributed by atoms with van der Waals surface area (Å²) in [5, 5.41) is 8.59. The van der Waals surface area contributed by atoms with Gasteiger partial charge in [0.1, 0.15) is 11.9 Å². The Bertz CT molecular complexity index is 357. The average molecular weight is 309 g/mol. The molecular weight excluding hydrogens is 300 g/mol. The summed E-state index contributed by atoms with van der Waals surface area (Å²) in [7, 11) is 0. The highest BCUT2D eigenvalue weighted by Gasteiger charge is 2.13. The molecule has 3 N–H and O–H groups in total. The van der Waals surface area contributed by atoms with E-state index in [-0.39, 0.29) is 12.2 Å². The van der Waals surface area contributed by atoms with Crippen molar-refractivity contribution >= 4 is 28.6 Å². The van der Waals surface area contributed by atoms with Crippen molar-refractivity contribution in [3.63, 3.8) is 0 Å². The van der Waals surface area contributed by atoms with Crippen molar-refractivity contribution in [3.05, 3.63) is 33.1 Å². The largest absolute Gasteiger partial charge is 0.480 e. The third kappa shape index (κ3) is 2.91. The highest BCUT2D eigenvalue weighted by atomic mass is 127. The Balaban J connectivity index is 2.82. The van der Waals surface area contributed by atoms with Crippen molar-refractivity contribution in [1.82, 2.24) is 0 Å². The van der Waals surface area contributed by atoms with Crippen LogP contribution in [0.1, 0.15) is 5.56 Å². The van der Waals surface area contributed by atoms with Gasteiger partial charge in [0.05, 0.1) is 0 Å². The zero-order valence-electron chi connectivity index (χ0n) is 7.21. The van der Waals surface area contributed by atoms with Gasteiger partial charge in [-0.1, -0.05) is 6.07 Å². The van der Waals surface area contributed by atoms with Crippen LogP contribution in [-0.2, 0) is 11.2 Å². The molecular formula is C9H9FINO2. The van der Waals surface area contributed by atoms with Crippen molar-refractivity contribution in [2.45, 2.75) is 12.5 Å². The van der Waals surface area contributed by atoms with Crippen molar-refractivity contribution in [2.24, 2.45) is 5.73 Å².